The highest BCUT2D eigenvalue weighted by Gasteiger charge is 2.21. The highest BCUT2D eigenvalue weighted by Crippen LogP contribution is 2.16. The molecule has 0 aliphatic carbocycles. The Kier molecular flexibility index (Phi) is 12.6. The number of unbranched alkanes of at least 4 members (excludes halogenated alkanes) is 3. The molecular weight excluding hydrogens is 417 g/mol. The van der Waals surface area contributed by atoms with Crippen molar-refractivity contribution in [3.05, 3.63) is 0 Å². The van der Waals surface area contributed by atoms with Crippen LogP contribution in [0.1, 0.15) is 58.8 Å². The van der Waals surface area contributed by atoms with Crippen molar-refractivity contribution in [2.75, 3.05) is 32.8 Å². The van der Waals surface area contributed by atoms with E-state index in [2.05, 4.69) is 44.3 Å². The zero-order valence-corrected chi connectivity index (χ0v) is 17.3. The maximum atomic E-state index is 12.0. The van der Waals surface area contributed by atoms with Crippen LogP contribution in [0.2, 0.25) is 0 Å². The molecule has 0 aromatic rings. The molecule has 5 heteroatoms. The first-order valence-corrected chi connectivity index (χ1v) is 10.3. The van der Waals surface area contributed by atoms with Gasteiger partial charge in [-0.05, 0) is 29.6 Å². The van der Waals surface area contributed by atoms with E-state index in [1.54, 1.807) is 0 Å². The lowest BCUT2D eigenvalue weighted by Gasteiger charge is -2.31. The Labute approximate surface area is 161 Å². The maximum Gasteiger partial charge on any atom is 0.308 e. The molecule has 24 heavy (non-hydrogen) atoms. The topological polar surface area (TPSA) is 38.8 Å². The lowest BCUT2D eigenvalue weighted by Crippen LogP contribution is -2.42. The minimum Gasteiger partial charge on any atom is -0.465 e. The molecule has 0 N–H and O–H groups in total. The summed E-state index contributed by atoms with van der Waals surface area (Å²) in [6, 6.07) is 0. The molecule has 2 atom stereocenters. The van der Waals surface area contributed by atoms with Crippen LogP contribution in [0.4, 0.5) is 0 Å². The Morgan fingerprint density at radius 3 is 2.96 bits per heavy atom. The highest BCUT2D eigenvalue weighted by molar-refractivity contribution is 14.1. The van der Waals surface area contributed by atoms with E-state index in [1.807, 2.05) is 6.92 Å². The third-order valence-electron chi connectivity index (χ3n) is 4.40. The molecule has 0 amide bonds. The van der Waals surface area contributed by atoms with E-state index >= 15 is 0 Å². The molecule has 1 saturated heterocycles. The first-order chi connectivity index (χ1) is 11.7. The van der Waals surface area contributed by atoms with Crippen LogP contribution in [0.5, 0.6) is 0 Å². The fourth-order valence-electron chi connectivity index (χ4n) is 2.85. The predicted molar refractivity (Wildman–Crippen MR) is 106 cm³/mol. The van der Waals surface area contributed by atoms with E-state index in [4.69, 9.17) is 9.47 Å². The maximum absolute atomic E-state index is 12.0. The van der Waals surface area contributed by atoms with Crippen molar-refractivity contribution in [1.82, 2.24) is 4.90 Å². The van der Waals surface area contributed by atoms with Crippen LogP contribution in [0.3, 0.4) is 0 Å². The van der Waals surface area contributed by atoms with E-state index in [0.29, 0.717) is 6.61 Å². The van der Waals surface area contributed by atoms with Crippen molar-refractivity contribution >= 4 is 28.6 Å². The summed E-state index contributed by atoms with van der Waals surface area (Å²) in [6.45, 7) is 8.23. The van der Waals surface area contributed by atoms with E-state index in [-0.39, 0.29) is 18.0 Å². The zero-order chi connectivity index (χ0) is 17.6. The molecule has 1 aliphatic heterocycles. The first kappa shape index (κ1) is 21.7. The van der Waals surface area contributed by atoms with Gasteiger partial charge >= 0.3 is 5.97 Å². The summed E-state index contributed by atoms with van der Waals surface area (Å²) in [5.41, 5.74) is 0. The minimum atomic E-state index is -0.0463. The normalized spacial score (nSPS) is 19.4. The Hall–Kier alpha value is -0.320. The van der Waals surface area contributed by atoms with Crippen LogP contribution in [0, 0.1) is 15.8 Å². The summed E-state index contributed by atoms with van der Waals surface area (Å²) < 4.78 is 14.1. The molecule has 1 fully saturated rings. The van der Waals surface area contributed by atoms with Crippen LogP contribution in [-0.2, 0) is 14.3 Å². The smallest absolute Gasteiger partial charge is 0.308 e. The van der Waals surface area contributed by atoms with Gasteiger partial charge in [-0.1, -0.05) is 39.0 Å². The molecule has 1 heterocycles. The quantitative estimate of drug-likeness (QED) is 0.207. The van der Waals surface area contributed by atoms with Crippen molar-refractivity contribution in [3.8, 4) is 9.85 Å². The van der Waals surface area contributed by atoms with Crippen molar-refractivity contribution in [2.45, 2.75) is 64.9 Å². The Bertz CT molecular complexity index is 405. The molecule has 0 aromatic carbocycles. The van der Waals surface area contributed by atoms with Crippen molar-refractivity contribution in [2.24, 2.45) is 5.92 Å². The standard InChI is InChI=1S/C19H32INO3/c1-3-4-5-6-14-24-19(22)17(2)9-7-10-18-16-21(12-8-11-20)13-15-23-18/h17-18H,3-7,9-10,12-16H2,1-2H3. The summed E-state index contributed by atoms with van der Waals surface area (Å²) in [7, 11) is 0. The number of hydrogen-bond acceptors (Lipinski definition) is 4. The predicted octanol–water partition coefficient (Wildman–Crippen LogP) is 4.01. The number of carbonyl (C=O) groups is 1. The van der Waals surface area contributed by atoms with Crippen LogP contribution in [-0.4, -0.2) is 49.8 Å². The third kappa shape index (κ3) is 9.85. The van der Waals surface area contributed by atoms with Crippen molar-refractivity contribution in [3.63, 3.8) is 0 Å². The van der Waals surface area contributed by atoms with E-state index in [9.17, 15) is 4.79 Å². The number of carbonyl (C=O) groups excluding carboxylic acids is 1. The monoisotopic (exact) mass is 449 g/mol. The molecule has 4 nitrogen and oxygen atoms in total. The Balaban J connectivity index is 2.11. The van der Waals surface area contributed by atoms with Gasteiger partial charge in [0.2, 0.25) is 0 Å². The Morgan fingerprint density at radius 2 is 2.21 bits per heavy atom. The van der Waals surface area contributed by atoms with E-state index < -0.39 is 0 Å². The third-order valence-corrected chi connectivity index (χ3v) is 4.78. The van der Waals surface area contributed by atoms with Gasteiger partial charge < -0.3 is 9.47 Å². The number of morpholine rings is 1. The molecule has 138 valence electrons. The second-order valence-corrected chi connectivity index (χ2v) is 7.10. The average Bonchev–Trinajstić information content (AvgIpc) is 2.60. The van der Waals surface area contributed by atoms with Gasteiger partial charge in [0.1, 0.15) is 0 Å². The molecular formula is C19H32INO3. The largest absolute Gasteiger partial charge is 0.465 e. The van der Waals surface area contributed by atoms with E-state index in [1.165, 1.54) is 12.8 Å². The van der Waals surface area contributed by atoms with Crippen molar-refractivity contribution < 1.29 is 14.3 Å². The van der Waals surface area contributed by atoms with Gasteiger partial charge in [0.05, 0.1) is 31.8 Å². The van der Waals surface area contributed by atoms with Crippen LogP contribution in [0.15, 0.2) is 0 Å². The molecule has 1 aliphatic rings. The molecule has 0 radical (unpaired) electrons. The number of rotatable bonds is 11. The van der Waals surface area contributed by atoms with Gasteiger partial charge in [-0.15, -0.1) is 0 Å². The molecule has 1 rings (SSSR count). The number of nitrogens with zero attached hydrogens (tertiary/aromatic N) is 1. The fraction of sp³-hybridized carbons (Fsp3) is 0.842. The van der Waals surface area contributed by atoms with Gasteiger partial charge in [0, 0.05) is 35.7 Å². The number of ether oxygens (including phenoxy) is 2. The van der Waals surface area contributed by atoms with Gasteiger partial charge in [-0.25, -0.2) is 0 Å². The molecule has 0 aromatic heterocycles. The molecule has 0 spiro atoms. The SMILES string of the molecule is CCCCCCOC(=O)C(C)CCCC1CN(CC#CI)CCO1. The second-order valence-electron chi connectivity index (χ2n) is 6.56. The summed E-state index contributed by atoms with van der Waals surface area (Å²) >= 11 is 2.08. The number of halogens is 1. The van der Waals surface area contributed by atoms with Gasteiger partial charge in [-0.2, -0.15) is 0 Å². The summed E-state index contributed by atoms with van der Waals surface area (Å²) in [5, 5.41) is 0. The summed E-state index contributed by atoms with van der Waals surface area (Å²) in [6.07, 6.45) is 7.71. The zero-order valence-electron chi connectivity index (χ0n) is 15.2. The van der Waals surface area contributed by atoms with Gasteiger partial charge in [-0.3, -0.25) is 9.69 Å². The van der Waals surface area contributed by atoms with E-state index in [0.717, 1.165) is 58.3 Å². The number of hydrogen-bond donors (Lipinski definition) is 0. The first-order valence-electron chi connectivity index (χ1n) is 9.26. The lowest BCUT2D eigenvalue weighted by atomic mass is 10.0. The van der Waals surface area contributed by atoms with Gasteiger partial charge in [0.15, 0.2) is 0 Å². The minimum absolute atomic E-state index is 0.0132. The lowest BCUT2D eigenvalue weighted by molar-refractivity contribution is -0.148. The highest BCUT2D eigenvalue weighted by atomic mass is 127. The van der Waals surface area contributed by atoms with Gasteiger partial charge in [0.25, 0.3) is 0 Å². The second kappa shape index (κ2) is 13.9. The molecule has 0 saturated carbocycles. The van der Waals surface area contributed by atoms with Crippen molar-refractivity contribution in [1.29, 1.82) is 0 Å². The molecule has 0 bridgehead atoms. The fourth-order valence-corrected chi connectivity index (χ4v) is 3.02. The van der Waals surface area contributed by atoms with Crippen LogP contribution >= 0.6 is 22.6 Å². The Morgan fingerprint density at radius 1 is 1.38 bits per heavy atom. The average molecular weight is 449 g/mol. The summed E-state index contributed by atoms with van der Waals surface area (Å²) in [5.74, 6) is 3.05. The molecule has 2 unspecified atom stereocenters. The van der Waals surface area contributed by atoms with Crippen LogP contribution < -0.4 is 0 Å². The van der Waals surface area contributed by atoms with Crippen LogP contribution in [0.25, 0.3) is 0 Å². The summed E-state index contributed by atoms with van der Waals surface area (Å²) in [4.78, 5) is 14.3. The number of esters is 1.